The molecule has 1 heterocycles. The third-order valence-electron chi connectivity index (χ3n) is 2.71. The van der Waals surface area contributed by atoms with Crippen LogP contribution in [0.4, 0.5) is 5.69 Å². The minimum Gasteiger partial charge on any atom is -0.423 e. The molecule has 98 valence electrons. The lowest BCUT2D eigenvalue weighted by atomic mass is 10.2. The van der Waals surface area contributed by atoms with E-state index >= 15 is 0 Å². The van der Waals surface area contributed by atoms with Gasteiger partial charge in [0, 0.05) is 18.4 Å². The molecule has 1 saturated heterocycles. The second kappa shape index (κ2) is 5.06. The van der Waals surface area contributed by atoms with Crippen LogP contribution in [0.5, 0.6) is 5.75 Å². The molecule has 0 aliphatic carbocycles. The molecular weight excluding hydrogens is 246 g/mol. The minimum atomic E-state index is -0.513. The second-order valence-electron chi connectivity index (χ2n) is 4.29. The Kier molecular flexibility index (Phi) is 3.46. The number of nitrogens with zero attached hydrogens (tertiary/aromatic N) is 1. The SMILES string of the molecule is C=C(C)C(=O)Oc1ccc(N2C(=O)CCC2=O)cc1. The van der Waals surface area contributed by atoms with Crippen molar-refractivity contribution in [1.82, 2.24) is 0 Å². The van der Waals surface area contributed by atoms with Crippen LogP contribution in [0.15, 0.2) is 36.4 Å². The third kappa shape index (κ3) is 2.70. The quantitative estimate of drug-likeness (QED) is 0.359. The average molecular weight is 259 g/mol. The fourth-order valence-corrected chi connectivity index (χ4v) is 1.72. The number of ether oxygens (including phenoxy) is 1. The highest BCUT2D eigenvalue weighted by Crippen LogP contribution is 2.25. The van der Waals surface area contributed by atoms with Gasteiger partial charge in [-0.2, -0.15) is 0 Å². The summed E-state index contributed by atoms with van der Waals surface area (Å²) < 4.78 is 5.02. The number of imide groups is 1. The Bertz CT molecular complexity index is 543. The van der Waals surface area contributed by atoms with Crippen molar-refractivity contribution in [2.75, 3.05) is 4.90 Å². The number of carbonyl (C=O) groups excluding carboxylic acids is 3. The molecule has 5 nitrogen and oxygen atoms in total. The number of rotatable bonds is 3. The van der Waals surface area contributed by atoms with Crippen LogP contribution in [0, 0.1) is 0 Å². The topological polar surface area (TPSA) is 63.7 Å². The van der Waals surface area contributed by atoms with Crippen molar-refractivity contribution in [1.29, 1.82) is 0 Å². The zero-order valence-corrected chi connectivity index (χ0v) is 10.5. The van der Waals surface area contributed by atoms with Gasteiger partial charge in [-0.3, -0.25) is 14.5 Å². The molecule has 1 aromatic rings. The molecule has 0 aromatic heterocycles. The van der Waals surface area contributed by atoms with Gasteiger partial charge >= 0.3 is 5.97 Å². The fraction of sp³-hybridized carbons (Fsp3) is 0.214. The Labute approximate surface area is 110 Å². The van der Waals surface area contributed by atoms with Crippen LogP contribution in [-0.4, -0.2) is 17.8 Å². The average Bonchev–Trinajstić information content (AvgIpc) is 2.70. The number of anilines is 1. The lowest BCUT2D eigenvalue weighted by Gasteiger charge is -2.14. The Morgan fingerprint density at radius 2 is 1.68 bits per heavy atom. The van der Waals surface area contributed by atoms with Gasteiger partial charge in [0.2, 0.25) is 11.8 Å². The van der Waals surface area contributed by atoms with Gasteiger partial charge in [0.05, 0.1) is 5.69 Å². The molecule has 1 aliphatic rings. The number of benzene rings is 1. The zero-order chi connectivity index (χ0) is 14.0. The molecule has 1 aliphatic heterocycles. The van der Waals surface area contributed by atoms with E-state index in [9.17, 15) is 14.4 Å². The molecule has 0 bridgehead atoms. The van der Waals surface area contributed by atoms with Crippen molar-refractivity contribution in [3.05, 3.63) is 36.4 Å². The molecule has 5 heteroatoms. The molecule has 19 heavy (non-hydrogen) atoms. The van der Waals surface area contributed by atoms with E-state index in [1.54, 1.807) is 19.1 Å². The van der Waals surface area contributed by atoms with E-state index in [-0.39, 0.29) is 24.7 Å². The Hall–Kier alpha value is -2.43. The van der Waals surface area contributed by atoms with Gasteiger partial charge in [0.25, 0.3) is 0 Å². The van der Waals surface area contributed by atoms with Crippen molar-refractivity contribution in [2.45, 2.75) is 19.8 Å². The van der Waals surface area contributed by atoms with Crippen LogP contribution >= 0.6 is 0 Å². The van der Waals surface area contributed by atoms with E-state index in [0.29, 0.717) is 17.0 Å². The predicted molar refractivity (Wildman–Crippen MR) is 68.6 cm³/mol. The van der Waals surface area contributed by atoms with E-state index in [1.807, 2.05) is 0 Å². The van der Waals surface area contributed by atoms with Crippen LogP contribution in [0.25, 0.3) is 0 Å². The van der Waals surface area contributed by atoms with Crippen molar-refractivity contribution >= 4 is 23.5 Å². The van der Waals surface area contributed by atoms with Gasteiger partial charge in [-0.1, -0.05) is 6.58 Å². The minimum absolute atomic E-state index is 0.211. The smallest absolute Gasteiger partial charge is 0.338 e. The summed E-state index contributed by atoms with van der Waals surface area (Å²) in [4.78, 5) is 35.6. The Morgan fingerprint density at radius 1 is 1.16 bits per heavy atom. The van der Waals surface area contributed by atoms with Crippen molar-refractivity contribution in [2.24, 2.45) is 0 Å². The first-order valence-electron chi connectivity index (χ1n) is 5.82. The summed E-state index contributed by atoms with van der Waals surface area (Å²) in [6.45, 7) is 5.03. The molecule has 1 fully saturated rings. The third-order valence-corrected chi connectivity index (χ3v) is 2.71. The number of hydrogen-bond acceptors (Lipinski definition) is 4. The molecule has 1 aromatic carbocycles. The molecule has 0 N–H and O–H groups in total. The molecule has 0 saturated carbocycles. The lowest BCUT2D eigenvalue weighted by Crippen LogP contribution is -2.28. The summed E-state index contributed by atoms with van der Waals surface area (Å²) in [6, 6.07) is 6.22. The highest BCUT2D eigenvalue weighted by atomic mass is 16.5. The summed E-state index contributed by atoms with van der Waals surface area (Å²) in [5.41, 5.74) is 0.789. The summed E-state index contributed by atoms with van der Waals surface area (Å²) in [5.74, 6) is -0.592. The zero-order valence-electron chi connectivity index (χ0n) is 10.5. The summed E-state index contributed by atoms with van der Waals surface area (Å²) in [7, 11) is 0. The van der Waals surface area contributed by atoms with Gasteiger partial charge < -0.3 is 4.74 Å². The van der Waals surface area contributed by atoms with Crippen LogP contribution in [0.1, 0.15) is 19.8 Å². The van der Waals surface area contributed by atoms with Crippen LogP contribution in [-0.2, 0) is 14.4 Å². The lowest BCUT2D eigenvalue weighted by molar-refractivity contribution is -0.130. The van der Waals surface area contributed by atoms with Gasteiger partial charge in [-0.15, -0.1) is 0 Å². The highest BCUT2D eigenvalue weighted by molar-refractivity contribution is 6.19. The van der Waals surface area contributed by atoms with Crippen LogP contribution < -0.4 is 9.64 Å². The van der Waals surface area contributed by atoms with Crippen LogP contribution in [0.3, 0.4) is 0 Å². The summed E-state index contributed by atoms with van der Waals surface area (Å²) >= 11 is 0. The summed E-state index contributed by atoms with van der Waals surface area (Å²) in [6.07, 6.45) is 0.483. The first-order valence-corrected chi connectivity index (χ1v) is 5.82. The molecule has 0 spiro atoms. The first kappa shape index (κ1) is 13.0. The van der Waals surface area contributed by atoms with Crippen LogP contribution in [0.2, 0.25) is 0 Å². The van der Waals surface area contributed by atoms with E-state index in [0.717, 1.165) is 4.90 Å². The van der Waals surface area contributed by atoms with Gasteiger partial charge in [0.15, 0.2) is 0 Å². The van der Waals surface area contributed by atoms with Crippen molar-refractivity contribution < 1.29 is 19.1 Å². The van der Waals surface area contributed by atoms with Crippen molar-refractivity contribution in [3.63, 3.8) is 0 Å². The normalized spacial score (nSPS) is 14.7. The summed E-state index contributed by atoms with van der Waals surface area (Å²) in [5, 5.41) is 0. The maximum absolute atomic E-state index is 11.5. The van der Waals surface area contributed by atoms with E-state index in [1.165, 1.54) is 12.1 Å². The van der Waals surface area contributed by atoms with Gasteiger partial charge in [-0.25, -0.2) is 4.79 Å². The maximum atomic E-state index is 11.5. The predicted octanol–water partition coefficient (Wildman–Crippen LogP) is 1.82. The molecule has 0 radical (unpaired) electrons. The maximum Gasteiger partial charge on any atom is 0.338 e. The number of amides is 2. The van der Waals surface area contributed by atoms with Crippen molar-refractivity contribution in [3.8, 4) is 5.75 Å². The Balaban J connectivity index is 2.15. The number of esters is 1. The monoisotopic (exact) mass is 259 g/mol. The van der Waals surface area contributed by atoms with E-state index in [2.05, 4.69) is 6.58 Å². The highest BCUT2D eigenvalue weighted by Gasteiger charge is 2.30. The number of carbonyl (C=O) groups is 3. The van der Waals surface area contributed by atoms with E-state index < -0.39 is 5.97 Å². The standard InChI is InChI=1S/C14H13NO4/c1-9(2)14(18)19-11-5-3-10(4-6-11)15-12(16)7-8-13(15)17/h3-6H,1,7-8H2,2H3. The molecule has 0 atom stereocenters. The molecule has 2 rings (SSSR count). The fourth-order valence-electron chi connectivity index (χ4n) is 1.72. The molecular formula is C14H13NO4. The number of hydrogen-bond donors (Lipinski definition) is 0. The Morgan fingerprint density at radius 3 is 2.16 bits per heavy atom. The van der Waals surface area contributed by atoms with Gasteiger partial charge in [0.1, 0.15) is 5.75 Å². The van der Waals surface area contributed by atoms with E-state index in [4.69, 9.17) is 4.74 Å². The molecule has 2 amide bonds. The largest absolute Gasteiger partial charge is 0.423 e. The molecule has 0 unspecified atom stereocenters. The first-order chi connectivity index (χ1) is 8.99. The second-order valence-corrected chi connectivity index (χ2v) is 4.29. The van der Waals surface area contributed by atoms with Gasteiger partial charge in [-0.05, 0) is 31.2 Å².